The van der Waals surface area contributed by atoms with Gasteiger partial charge in [-0.05, 0) is 31.9 Å². The zero-order valence-corrected chi connectivity index (χ0v) is 11.6. The summed E-state index contributed by atoms with van der Waals surface area (Å²) in [5.74, 6) is 0.279. The van der Waals surface area contributed by atoms with Crippen LogP contribution in [0.2, 0.25) is 0 Å². The Balaban J connectivity index is 1.83. The Morgan fingerprint density at radius 2 is 2.25 bits per heavy atom. The molecule has 1 aliphatic rings. The number of hydrogen-bond acceptors (Lipinski definition) is 5. The third kappa shape index (κ3) is 4.18. The third-order valence-electron chi connectivity index (χ3n) is 3.17. The molecule has 1 aliphatic heterocycles. The van der Waals surface area contributed by atoms with Crippen molar-refractivity contribution in [3.8, 4) is 5.75 Å². The summed E-state index contributed by atoms with van der Waals surface area (Å²) in [6.45, 7) is 2.92. The van der Waals surface area contributed by atoms with E-state index in [2.05, 4.69) is 10.3 Å². The van der Waals surface area contributed by atoms with E-state index in [-0.39, 0.29) is 25.2 Å². The van der Waals surface area contributed by atoms with Crippen molar-refractivity contribution in [3.05, 3.63) is 23.5 Å². The number of nitrogens with one attached hydrogen (secondary N) is 1. The van der Waals surface area contributed by atoms with E-state index in [1.165, 1.54) is 0 Å². The fourth-order valence-electron chi connectivity index (χ4n) is 2.10. The predicted octanol–water partition coefficient (Wildman–Crippen LogP) is 0.556. The lowest BCUT2D eigenvalue weighted by Crippen LogP contribution is -2.41. The minimum atomic E-state index is -0.210. The number of carbonyl (C=O) groups is 1. The van der Waals surface area contributed by atoms with Crippen LogP contribution in [0.1, 0.15) is 24.2 Å². The Bertz CT molecular complexity index is 458. The maximum atomic E-state index is 11.8. The Labute approximate surface area is 118 Å². The number of aromatic nitrogens is 1. The van der Waals surface area contributed by atoms with Gasteiger partial charge < -0.3 is 19.9 Å². The van der Waals surface area contributed by atoms with Gasteiger partial charge in [-0.2, -0.15) is 0 Å². The second-order valence-corrected chi connectivity index (χ2v) is 4.80. The fraction of sp³-hybridized carbons (Fsp3) is 0.571. The largest absolute Gasteiger partial charge is 0.482 e. The monoisotopic (exact) mass is 280 g/mol. The number of amides is 1. The Morgan fingerprint density at radius 3 is 2.95 bits per heavy atom. The van der Waals surface area contributed by atoms with Crippen molar-refractivity contribution in [3.63, 3.8) is 0 Å². The van der Waals surface area contributed by atoms with Gasteiger partial charge >= 0.3 is 0 Å². The highest BCUT2D eigenvalue weighted by atomic mass is 16.5. The quantitative estimate of drug-likeness (QED) is 0.823. The van der Waals surface area contributed by atoms with Gasteiger partial charge in [0.25, 0.3) is 5.91 Å². The molecule has 0 aliphatic carbocycles. The Hall–Kier alpha value is -1.66. The van der Waals surface area contributed by atoms with E-state index in [9.17, 15) is 9.90 Å². The molecule has 20 heavy (non-hydrogen) atoms. The van der Waals surface area contributed by atoms with Crippen molar-refractivity contribution in [1.29, 1.82) is 0 Å². The number of ether oxygens (including phenoxy) is 2. The van der Waals surface area contributed by atoms with Crippen molar-refractivity contribution < 1.29 is 19.4 Å². The number of nitrogens with zero attached hydrogens (tertiary/aromatic N) is 1. The molecule has 0 bridgehead atoms. The zero-order valence-electron chi connectivity index (χ0n) is 11.6. The standard InChI is InChI=1S/C14H20N2O4/c1-10-2-3-13(12(8-17)15-10)20-9-14(18)16-11-4-6-19-7-5-11/h2-3,11,17H,4-9H2,1H3,(H,16,18). The molecule has 1 amide bonds. The van der Waals surface area contributed by atoms with Crippen LogP contribution in [0.25, 0.3) is 0 Å². The minimum Gasteiger partial charge on any atom is -0.482 e. The van der Waals surface area contributed by atoms with Crippen LogP contribution >= 0.6 is 0 Å². The van der Waals surface area contributed by atoms with E-state index in [1.54, 1.807) is 12.1 Å². The number of aliphatic hydroxyl groups excluding tert-OH is 1. The van der Waals surface area contributed by atoms with Crippen LogP contribution in [-0.2, 0) is 16.1 Å². The molecule has 0 radical (unpaired) electrons. The first kappa shape index (κ1) is 14.7. The van der Waals surface area contributed by atoms with Crippen LogP contribution in [0, 0.1) is 6.92 Å². The molecule has 0 saturated carbocycles. The Kier molecular flexibility index (Phi) is 5.31. The molecule has 2 N–H and O–H groups in total. The smallest absolute Gasteiger partial charge is 0.258 e. The van der Waals surface area contributed by atoms with Crippen LogP contribution in [0.15, 0.2) is 12.1 Å². The molecule has 0 atom stereocenters. The van der Waals surface area contributed by atoms with Crippen LogP contribution in [0.3, 0.4) is 0 Å². The summed E-state index contributed by atoms with van der Waals surface area (Å²) in [5.41, 5.74) is 1.25. The number of pyridine rings is 1. The third-order valence-corrected chi connectivity index (χ3v) is 3.17. The van der Waals surface area contributed by atoms with Gasteiger partial charge in [0.1, 0.15) is 11.4 Å². The minimum absolute atomic E-state index is 0.0743. The van der Waals surface area contributed by atoms with E-state index in [0.717, 1.165) is 18.5 Å². The molecule has 1 aromatic heterocycles. The molecule has 6 nitrogen and oxygen atoms in total. The molecule has 1 saturated heterocycles. The van der Waals surface area contributed by atoms with E-state index in [0.29, 0.717) is 24.7 Å². The number of rotatable bonds is 5. The molecule has 0 spiro atoms. The molecule has 0 aromatic carbocycles. The summed E-state index contributed by atoms with van der Waals surface area (Å²) in [5, 5.41) is 12.1. The lowest BCUT2D eigenvalue weighted by atomic mass is 10.1. The summed E-state index contributed by atoms with van der Waals surface area (Å²) in [6, 6.07) is 3.66. The zero-order chi connectivity index (χ0) is 14.4. The van der Waals surface area contributed by atoms with Gasteiger partial charge in [-0.25, -0.2) is 0 Å². The van der Waals surface area contributed by atoms with Gasteiger partial charge in [0.15, 0.2) is 6.61 Å². The van der Waals surface area contributed by atoms with Crippen LogP contribution in [-0.4, -0.2) is 41.9 Å². The van der Waals surface area contributed by atoms with Crippen LogP contribution < -0.4 is 10.1 Å². The topological polar surface area (TPSA) is 80.7 Å². The van der Waals surface area contributed by atoms with Crippen molar-refractivity contribution in [2.24, 2.45) is 0 Å². The molecule has 1 aromatic rings. The first-order valence-electron chi connectivity index (χ1n) is 6.76. The van der Waals surface area contributed by atoms with E-state index in [1.807, 2.05) is 6.92 Å². The van der Waals surface area contributed by atoms with E-state index < -0.39 is 0 Å². The summed E-state index contributed by atoms with van der Waals surface area (Å²) in [4.78, 5) is 16.0. The summed E-state index contributed by atoms with van der Waals surface area (Å²) in [6.07, 6.45) is 1.67. The predicted molar refractivity (Wildman–Crippen MR) is 72.4 cm³/mol. The SMILES string of the molecule is Cc1ccc(OCC(=O)NC2CCOCC2)c(CO)n1. The second-order valence-electron chi connectivity index (χ2n) is 4.80. The number of carbonyl (C=O) groups excluding carboxylic acids is 1. The molecule has 6 heteroatoms. The number of aliphatic hydroxyl groups is 1. The molecule has 0 unspecified atom stereocenters. The molecular formula is C14H20N2O4. The van der Waals surface area contributed by atoms with Gasteiger partial charge in [-0.15, -0.1) is 0 Å². The average molecular weight is 280 g/mol. The van der Waals surface area contributed by atoms with Crippen molar-refractivity contribution in [2.75, 3.05) is 19.8 Å². The first-order chi connectivity index (χ1) is 9.69. The lowest BCUT2D eigenvalue weighted by molar-refractivity contribution is -0.124. The summed E-state index contributed by atoms with van der Waals surface area (Å²) < 4.78 is 10.7. The van der Waals surface area contributed by atoms with Gasteiger partial charge in [0.2, 0.25) is 0 Å². The molecule has 2 heterocycles. The van der Waals surface area contributed by atoms with E-state index >= 15 is 0 Å². The maximum absolute atomic E-state index is 11.8. The summed E-state index contributed by atoms with van der Waals surface area (Å²) >= 11 is 0. The van der Waals surface area contributed by atoms with Gasteiger partial charge in [-0.1, -0.05) is 0 Å². The van der Waals surface area contributed by atoms with E-state index in [4.69, 9.17) is 9.47 Å². The highest BCUT2D eigenvalue weighted by molar-refractivity contribution is 5.77. The average Bonchev–Trinajstić information content (AvgIpc) is 2.47. The van der Waals surface area contributed by atoms with Crippen molar-refractivity contribution in [2.45, 2.75) is 32.4 Å². The fourth-order valence-corrected chi connectivity index (χ4v) is 2.10. The van der Waals surface area contributed by atoms with Crippen molar-refractivity contribution >= 4 is 5.91 Å². The molecule has 2 rings (SSSR count). The molecule has 110 valence electrons. The first-order valence-corrected chi connectivity index (χ1v) is 6.76. The number of aryl methyl sites for hydroxylation is 1. The van der Waals surface area contributed by atoms with Crippen LogP contribution in [0.5, 0.6) is 5.75 Å². The summed E-state index contributed by atoms with van der Waals surface area (Å²) in [7, 11) is 0. The molecular weight excluding hydrogens is 260 g/mol. The Morgan fingerprint density at radius 1 is 1.50 bits per heavy atom. The molecule has 1 fully saturated rings. The maximum Gasteiger partial charge on any atom is 0.258 e. The van der Waals surface area contributed by atoms with Gasteiger partial charge in [0.05, 0.1) is 6.61 Å². The highest BCUT2D eigenvalue weighted by Crippen LogP contribution is 2.16. The van der Waals surface area contributed by atoms with Crippen molar-refractivity contribution in [1.82, 2.24) is 10.3 Å². The second kappa shape index (κ2) is 7.21. The van der Waals surface area contributed by atoms with Crippen LogP contribution in [0.4, 0.5) is 0 Å². The number of hydrogen-bond donors (Lipinski definition) is 2. The lowest BCUT2D eigenvalue weighted by Gasteiger charge is -2.23. The van der Waals surface area contributed by atoms with Gasteiger partial charge in [-0.3, -0.25) is 9.78 Å². The highest BCUT2D eigenvalue weighted by Gasteiger charge is 2.16. The normalized spacial score (nSPS) is 15.9. The van der Waals surface area contributed by atoms with Gasteiger partial charge in [0, 0.05) is 24.9 Å².